The van der Waals surface area contributed by atoms with Crippen LogP contribution in [0.25, 0.3) is 0 Å². The van der Waals surface area contributed by atoms with Crippen LogP contribution in [0.15, 0.2) is 30.0 Å². The van der Waals surface area contributed by atoms with Crippen LogP contribution in [0.3, 0.4) is 0 Å². The smallest absolute Gasteiger partial charge is 0.347 e. The van der Waals surface area contributed by atoms with Crippen molar-refractivity contribution >= 4 is 35.2 Å². The number of anilines is 1. The van der Waals surface area contributed by atoms with Crippen molar-refractivity contribution in [3.05, 3.63) is 40.6 Å². The van der Waals surface area contributed by atoms with Crippen molar-refractivity contribution in [1.82, 2.24) is 0 Å². The van der Waals surface area contributed by atoms with Gasteiger partial charge in [0, 0.05) is 11.9 Å². The number of esters is 3. The highest BCUT2D eigenvalue weighted by Gasteiger charge is 2.21. The average Bonchev–Trinajstić information content (AvgIpc) is 2.57. The van der Waals surface area contributed by atoms with Gasteiger partial charge in [0.05, 0.1) is 30.4 Å². The van der Waals surface area contributed by atoms with Gasteiger partial charge in [-0.2, -0.15) is 0 Å². The quantitative estimate of drug-likeness (QED) is 0.247. The van der Waals surface area contributed by atoms with E-state index in [2.05, 4.69) is 5.32 Å². The molecule has 0 bridgehead atoms. The van der Waals surface area contributed by atoms with Crippen LogP contribution in [0.4, 0.5) is 5.69 Å². The molecule has 0 aliphatic carbocycles. The molecule has 1 aromatic rings. The average molecular weight is 370 g/mol. The number of carbonyl (C=O) groups is 3. The second kappa shape index (κ2) is 10.4. The van der Waals surface area contributed by atoms with Crippen molar-refractivity contribution in [3.63, 3.8) is 0 Å². The SMILES string of the molecule is CCOC(=O)C(=CNc1ccc(Cl)c(C(=O)OCC)c1)C(=O)OCC. The summed E-state index contributed by atoms with van der Waals surface area (Å²) in [5.74, 6) is -2.20. The molecule has 0 atom stereocenters. The molecule has 8 heteroatoms. The minimum atomic E-state index is -0.812. The fraction of sp³-hybridized carbons (Fsp3) is 0.353. The molecule has 0 heterocycles. The van der Waals surface area contributed by atoms with E-state index in [1.54, 1.807) is 26.8 Å². The highest BCUT2D eigenvalue weighted by Crippen LogP contribution is 2.22. The summed E-state index contributed by atoms with van der Waals surface area (Å²) in [5.41, 5.74) is 0.297. The summed E-state index contributed by atoms with van der Waals surface area (Å²) in [4.78, 5) is 35.6. The summed E-state index contributed by atoms with van der Waals surface area (Å²) in [5, 5.41) is 2.98. The maximum absolute atomic E-state index is 11.9. The minimum Gasteiger partial charge on any atom is -0.462 e. The Balaban J connectivity index is 3.05. The molecule has 7 nitrogen and oxygen atoms in total. The molecule has 136 valence electrons. The summed E-state index contributed by atoms with van der Waals surface area (Å²) in [6.45, 7) is 5.37. The molecule has 0 aromatic heterocycles. The first-order chi connectivity index (χ1) is 11.9. The van der Waals surface area contributed by atoms with Crippen LogP contribution < -0.4 is 5.32 Å². The van der Waals surface area contributed by atoms with E-state index in [9.17, 15) is 14.4 Å². The highest BCUT2D eigenvalue weighted by atomic mass is 35.5. The lowest BCUT2D eigenvalue weighted by molar-refractivity contribution is -0.146. The van der Waals surface area contributed by atoms with Gasteiger partial charge in [0.25, 0.3) is 0 Å². The van der Waals surface area contributed by atoms with Gasteiger partial charge in [-0.1, -0.05) is 11.6 Å². The lowest BCUT2D eigenvalue weighted by atomic mass is 10.2. The Hall–Kier alpha value is -2.54. The van der Waals surface area contributed by atoms with Crippen LogP contribution in [0.5, 0.6) is 0 Å². The first kappa shape index (κ1) is 20.5. The monoisotopic (exact) mass is 369 g/mol. The van der Waals surface area contributed by atoms with Gasteiger partial charge in [-0.15, -0.1) is 0 Å². The molecule has 0 amide bonds. The maximum Gasteiger partial charge on any atom is 0.347 e. The van der Waals surface area contributed by atoms with Crippen molar-refractivity contribution in [2.24, 2.45) is 0 Å². The second-order valence-electron chi connectivity index (χ2n) is 4.56. The number of hydrogen-bond donors (Lipinski definition) is 1. The molecule has 0 unspecified atom stereocenters. The molecule has 0 radical (unpaired) electrons. The summed E-state index contributed by atoms with van der Waals surface area (Å²) in [6, 6.07) is 4.53. The van der Waals surface area contributed by atoms with Crippen LogP contribution in [-0.2, 0) is 23.8 Å². The van der Waals surface area contributed by atoms with Gasteiger partial charge >= 0.3 is 17.9 Å². The number of rotatable bonds is 8. The van der Waals surface area contributed by atoms with Gasteiger partial charge in [-0.25, -0.2) is 14.4 Å². The summed E-state index contributed by atoms with van der Waals surface area (Å²) >= 11 is 5.98. The van der Waals surface area contributed by atoms with Crippen LogP contribution in [0.2, 0.25) is 5.02 Å². The Kier molecular flexibility index (Phi) is 8.49. The lowest BCUT2D eigenvalue weighted by Gasteiger charge is -2.09. The van der Waals surface area contributed by atoms with Crippen molar-refractivity contribution in [2.75, 3.05) is 25.1 Å². The summed E-state index contributed by atoms with van der Waals surface area (Å²) in [6.07, 6.45) is 1.16. The van der Waals surface area contributed by atoms with Crippen molar-refractivity contribution < 1.29 is 28.6 Å². The Morgan fingerprint density at radius 1 is 1.00 bits per heavy atom. The molecule has 0 aliphatic heterocycles. The normalized spacial score (nSPS) is 9.76. The highest BCUT2D eigenvalue weighted by molar-refractivity contribution is 6.33. The predicted octanol–water partition coefficient (Wildman–Crippen LogP) is 2.94. The fourth-order valence-electron chi connectivity index (χ4n) is 1.75. The Morgan fingerprint density at radius 2 is 1.56 bits per heavy atom. The van der Waals surface area contributed by atoms with Crippen molar-refractivity contribution in [1.29, 1.82) is 0 Å². The second-order valence-corrected chi connectivity index (χ2v) is 4.97. The third-order valence-electron chi connectivity index (χ3n) is 2.84. The van der Waals surface area contributed by atoms with Crippen molar-refractivity contribution in [2.45, 2.75) is 20.8 Å². The van der Waals surface area contributed by atoms with E-state index < -0.39 is 17.9 Å². The van der Waals surface area contributed by atoms with Gasteiger partial charge in [-0.3, -0.25) is 0 Å². The van der Waals surface area contributed by atoms with Crippen LogP contribution in [-0.4, -0.2) is 37.7 Å². The fourth-order valence-corrected chi connectivity index (χ4v) is 1.95. The molecule has 1 aromatic carbocycles. The zero-order valence-electron chi connectivity index (χ0n) is 14.3. The predicted molar refractivity (Wildman–Crippen MR) is 92.4 cm³/mol. The molecular formula is C17H20ClNO6. The first-order valence-electron chi connectivity index (χ1n) is 7.72. The lowest BCUT2D eigenvalue weighted by Crippen LogP contribution is -2.19. The van der Waals surface area contributed by atoms with Gasteiger partial charge in [-0.05, 0) is 39.0 Å². The van der Waals surface area contributed by atoms with Crippen molar-refractivity contribution in [3.8, 4) is 0 Å². The molecule has 0 aliphatic rings. The minimum absolute atomic E-state index is 0.115. The molecule has 0 saturated carbocycles. The van der Waals surface area contributed by atoms with E-state index in [0.717, 1.165) is 6.20 Å². The number of hydrogen-bond acceptors (Lipinski definition) is 7. The number of benzene rings is 1. The zero-order chi connectivity index (χ0) is 18.8. The first-order valence-corrected chi connectivity index (χ1v) is 8.09. The summed E-state index contributed by atoms with van der Waals surface area (Å²) < 4.78 is 14.6. The van der Waals surface area contributed by atoms with Gasteiger partial charge in [0.2, 0.25) is 0 Å². The van der Waals surface area contributed by atoms with E-state index >= 15 is 0 Å². The molecule has 0 spiro atoms. The van der Waals surface area contributed by atoms with Crippen LogP contribution in [0, 0.1) is 0 Å². The van der Waals surface area contributed by atoms with Gasteiger partial charge in [0.1, 0.15) is 0 Å². The van der Waals surface area contributed by atoms with Crippen LogP contribution >= 0.6 is 11.6 Å². The number of nitrogens with one attached hydrogen (secondary N) is 1. The van der Waals surface area contributed by atoms with Gasteiger partial charge in [0.15, 0.2) is 5.57 Å². The summed E-state index contributed by atoms with van der Waals surface area (Å²) in [7, 11) is 0. The topological polar surface area (TPSA) is 90.9 Å². The number of ether oxygens (including phenoxy) is 3. The van der Waals surface area contributed by atoms with E-state index in [-0.39, 0.29) is 36.0 Å². The number of carbonyl (C=O) groups excluding carboxylic acids is 3. The largest absolute Gasteiger partial charge is 0.462 e. The van der Waals surface area contributed by atoms with E-state index in [1.807, 2.05) is 0 Å². The molecule has 1 rings (SSSR count). The number of halogens is 1. The molecule has 25 heavy (non-hydrogen) atoms. The van der Waals surface area contributed by atoms with E-state index in [0.29, 0.717) is 5.69 Å². The Labute approximate surface area is 150 Å². The van der Waals surface area contributed by atoms with Gasteiger partial charge < -0.3 is 19.5 Å². The molecule has 0 fully saturated rings. The zero-order valence-corrected chi connectivity index (χ0v) is 15.0. The third kappa shape index (κ3) is 6.11. The molecule has 1 N–H and O–H groups in total. The third-order valence-corrected chi connectivity index (χ3v) is 3.17. The van der Waals surface area contributed by atoms with E-state index in [1.165, 1.54) is 12.1 Å². The van der Waals surface area contributed by atoms with Crippen LogP contribution in [0.1, 0.15) is 31.1 Å². The maximum atomic E-state index is 11.9. The molecular weight excluding hydrogens is 350 g/mol. The molecule has 0 saturated heterocycles. The Bertz CT molecular complexity index is 651. The van der Waals surface area contributed by atoms with E-state index in [4.69, 9.17) is 25.8 Å². The standard InChI is InChI=1S/C17H20ClNO6/c1-4-23-15(20)12-9-11(7-8-14(12)18)19-10-13(16(21)24-5-2)17(22)25-6-3/h7-10,19H,4-6H2,1-3H3. The Morgan fingerprint density at radius 3 is 2.08 bits per heavy atom.